The summed E-state index contributed by atoms with van der Waals surface area (Å²) >= 11 is 0. The zero-order valence-electron chi connectivity index (χ0n) is 13.2. The smallest absolute Gasteiger partial charge is 0.293 e. The average Bonchev–Trinajstić information content (AvgIpc) is 2.98. The van der Waals surface area contributed by atoms with Crippen LogP contribution in [0.15, 0.2) is 22.7 Å². The molecule has 0 atom stereocenters. The maximum Gasteiger partial charge on any atom is 0.293 e. The Morgan fingerprint density at radius 2 is 2.00 bits per heavy atom. The van der Waals surface area contributed by atoms with Crippen LogP contribution in [-0.4, -0.2) is 28.2 Å². The second kappa shape index (κ2) is 6.55. The first kappa shape index (κ1) is 15.9. The highest BCUT2D eigenvalue weighted by Gasteiger charge is 2.21. The van der Waals surface area contributed by atoms with Gasteiger partial charge in [-0.3, -0.25) is 10.1 Å². The lowest BCUT2D eigenvalue weighted by Gasteiger charge is -2.20. The summed E-state index contributed by atoms with van der Waals surface area (Å²) in [4.78, 5) is 17.2. The van der Waals surface area contributed by atoms with Gasteiger partial charge in [0.15, 0.2) is 5.82 Å². The second-order valence-electron chi connectivity index (χ2n) is 5.25. The molecule has 0 saturated heterocycles. The SMILES string of the molecule is CCN(CC)c1ccc(-c2nc(C(C)C)no2)cc1[N+](=O)[O-]. The molecule has 0 spiro atoms. The molecule has 22 heavy (non-hydrogen) atoms. The topological polar surface area (TPSA) is 85.3 Å². The standard InChI is InChI=1S/C15H20N4O3/c1-5-18(6-2)12-8-7-11(9-13(12)19(20)21)15-16-14(10(3)4)17-22-15/h7-10H,5-6H2,1-4H3. The van der Waals surface area contributed by atoms with Crippen LogP contribution in [0.25, 0.3) is 11.5 Å². The Morgan fingerprint density at radius 1 is 1.32 bits per heavy atom. The van der Waals surface area contributed by atoms with E-state index in [1.54, 1.807) is 12.1 Å². The van der Waals surface area contributed by atoms with E-state index < -0.39 is 0 Å². The predicted octanol–water partition coefficient (Wildman–Crippen LogP) is 3.61. The first-order valence-electron chi connectivity index (χ1n) is 7.35. The fourth-order valence-corrected chi connectivity index (χ4v) is 2.22. The molecular formula is C15H20N4O3. The van der Waals surface area contributed by atoms with Gasteiger partial charge in [0, 0.05) is 30.6 Å². The van der Waals surface area contributed by atoms with E-state index in [4.69, 9.17) is 4.52 Å². The van der Waals surface area contributed by atoms with E-state index in [1.807, 2.05) is 32.6 Å². The number of nitro benzene ring substituents is 1. The van der Waals surface area contributed by atoms with Crippen LogP contribution >= 0.6 is 0 Å². The molecular weight excluding hydrogens is 284 g/mol. The lowest BCUT2D eigenvalue weighted by molar-refractivity contribution is -0.384. The van der Waals surface area contributed by atoms with Gasteiger partial charge in [-0.25, -0.2) is 0 Å². The summed E-state index contributed by atoms with van der Waals surface area (Å²) in [5, 5.41) is 15.3. The molecule has 0 saturated carbocycles. The molecule has 7 nitrogen and oxygen atoms in total. The molecule has 0 aliphatic carbocycles. The molecule has 7 heteroatoms. The largest absolute Gasteiger partial charge is 0.367 e. The van der Waals surface area contributed by atoms with Gasteiger partial charge in [0.25, 0.3) is 11.6 Å². The lowest BCUT2D eigenvalue weighted by Crippen LogP contribution is -2.22. The molecule has 1 aromatic carbocycles. The molecule has 118 valence electrons. The summed E-state index contributed by atoms with van der Waals surface area (Å²) in [6.07, 6.45) is 0. The van der Waals surface area contributed by atoms with Crippen molar-refractivity contribution in [3.63, 3.8) is 0 Å². The Bertz CT molecular complexity index is 663. The van der Waals surface area contributed by atoms with Crippen LogP contribution in [0.4, 0.5) is 11.4 Å². The van der Waals surface area contributed by atoms with E-state index in [0.717, 1.165) is 0 Å². The maximum atomic E-state index is 11.4. The molecule has 0 N–H and O–H groups in total. The zero-order chi connectivity index (χ0) is 16.3. The Balaban J connectivity index is 2.46. The first-order chi connectivity index (χ1) is 10.5. The van der Waals surface area contributed by atoms with E-state index in [2.05, 4.69) is 10.1 Å². The molecule has 0 amide bonds. The van der Waals surface area contributed by atoms with Crippen molar-refractivity contribution < 1.29 is 9.45 Å². The molecule has 0 bridgehead atoms. The first-order valence-corrected chi connectivity index (χ1v) is 7.35. The fraction of sp³-hybridized carbons (Fsp3) is 0.467. The van der Waals surface area contributed by atoms with Crippen molar-refractivity contribution in [1.82, 2.24) is 10.1 Å². The van der Waals surface area contributed by atoms with E-state index in [1.165, 1.54) is 6.07 Å². The highest BCUT2D eigenvalue weighted by atomic mass is 16.6. The van der Waals surface area contributed by atoms with Crippen molar-refractivity contribution in [2.24, 2.45) is 0 Å². The lowest BCUT2D eigenvalue weighted by atomic mass is 10.1. The number of aromatic nitrogens is 2. The summed E-state index contributed by atoms with van der Waals surface area (Å²) < 4.78 is 5.20. The number of benzene rings is 1. The van der Waals surface area contributed by atoms with E-state index in [9.17, 15) is 10.1 Å². The van der Waals surface area contributed by atoms with Gasteiger partial charge in [-0.2, -0.15) is 4.98 Å². The number of nitrogens with zero attached hydrogens (tertiary/aromatic N) is 4. The van der Waals surface area contributed by atoms with Gasteiger partial charge >= 0.3 is 0 Å². The minimum Gasteiger partial charge on any atom is -0.367 e. The molecule has 2 aromatic rings. The van der Waals surface area contributed by atoms with Crippen LogP contribution in [0.5, 0.6) is 0 Å². The van der Waals surface area contributed by atoms with Crippen LogP contribution in [0.3, 0.4) is 0 Å². The molecule has 0 aliphatic heterocycles. The average molecular weight is 304 g/mol. The number of hydrogen-bond donors (Lipinski definition) is 0. The Hall–Kier alpha value is -2.44. The number of nitro groups is 1. The molecule has 0 unspecified atom stereocenters. The monoisotopic (exact) mass is 304 g/mol. The van der Waals surface area contributed by atoms with Gasteiger partial charge in [-0.1, -0.05) is 19.0 Å². The third kappa shape index (κ3) is 3.08. The van der Waals surface area contributed by atoms with Crippen molar-refractivity contribution >= 4 is 11.4 Å². The molecule has 0 fully saturated rings. The Labute approximate surface area is 129 Å². The molecule has 1 aromatic heterocycles. The predicted molar refractivity (Wildman–Crippen MR) is 84.0 cm³/mol. The summed E-state index contributed by atoms with van der Waals surface area (Å²) in [5.41, 5.74) is 1.20. The molecule has 1 heterocycles. The third-order valence-electron chi connectivity index (χ3n) is 3.48. The fourth-order valence-electron chi connectivity index (χ4n) is 2.22. The van der Waals surface area contributed by atoms with Crippen molar-refractivity contribution in [3.8, 4) is 11.5 Å². The Morgan fingerprint density at radius 3 is 2.50 bits per heavy atom. The van der Waals surface area contributed by atoms with Crippen molar-refractivity contribution in [2.75, 3.05) is 18.0 Å². The van der Waals surface area contributed by atoms with E-state index in [0.29, 0.717) is 36.1 Å². The summed E-state index contributed by atoms with van der Waals surface area (Å²) in [6, 6.07) is 5.00. The third-order valence-corrected chi connectivity index (χ3v) is 3.48. The minimum atomic E-state index is -0.378. The molecule has 2 rings (SSSR count). The highest BCUT2D eigenvalue weighted by molar-refractivity contribution is 5.70. The van der Waals surface area contributed by atoms with Crippen LogP contribution in [0, 0.1) is 10.1 Å². The van der Waals surface area contributed by atoms with Gasteiger partial charge in [-0.05, 0) is 26.0 Å². The second-order valence-corrected chi connectivity index (χ2v) is 5.25. The molecule has 0 aliphatic rings. The van der Waals surface area contributed by atoms with Crippen molar-refractivity contribution in [3.05, 3.63) is 34.1 Å². The van der Waals surface area contributed by atoms with E-state index >= 15 is 0 Å². The van der Waals surface area contributed by atoms with E-state index in [-0.39, 0.29) is 16.5 Å². The Kier molecular flexibility index (Phi) is 4.75. The van der Waals surface area contributed by atoms with Gasteiger partial charge in [0.05, 0.1) is 4.92 Å². The van der Waals surface area contributed by atoms with Gasteiger partial charge in [0.2, 0.25) is 0 Å². The van der Waals surface area contributed by atoms with Crippen LogP contribution in [0.2, 0.25) is 0 Å². The number of rotatable bonds is 6. The molecule has 0 radical (unpaired) electrons. The zero-order valence-corrected chi connectivity index (χ0v) is 13.2. The summed E-state index contributed by atoms with van der Waals surface area (Å²) in [7, 11) is 0. The summed E-state index contributed by atoms with van der Waals surface area (Å²) in [6.45, 7) is 9.26. The van der Waals surface area contributed by atoms with Crippen molar-refractivity contribution in [2.45, 2.75) is 33.6 Å². The van der Waals surface area contributed by atoms with Crippen LogP contribution < -0.4 is 4.90 Å². The minimum absolute atomic E-state index is 0.0468. The van der Waals surface area contributed by atoms with Gasteiger partial charge in [-0.15, -0.1) is 0 Å². The quantitative estimate of drug-likeness (QED) is 0.598. The number of hydrogen-bond acceptors (Lipinski definition) is 6. The summed E-state index contributed by atoms with van der Waals surface area (Å²) in [5.74, 6) is 1.03. The van der Waals surface area contributed by atoms with Crippen LogP contribution in [0.1, 0.15) is 39.4 Å². The number of anilines is 1. The van der Waals surface area contributed by atoms with Crippen LogP contribution in [-0.2, 0) is 0 Å². The van der Waals surface area contributed by atoms with Crippen molar-refractivity contribution in [1.29, 1.82) is 0 Å². The normalized spacial score (nSPS) is 11.0. The highest BCUT2D eigenvalue weighted by Crippen LogP contribution is 2.32. The van der Waals surface area contributed by atoms with Gasteiger partial charge in [0.1, 0.15) is 5.69 Å². The van der Waals surface area contributed by atoms with Gasteiger partial charge < -0.3 is 9.42 Å². The maximum absolute atomic E-state index is 11.4.